The number of amides is 1. The van der Waals surface area contributed by atoms with Crippen LogP contribution in [0, 0.1) is 11.3 Å². The zero-order valence-electron chi connectivity index (χ0n) is 9.46. The molecule has 0 spiro atoms. The molecule has 4 heteroatoms. The highest BCUT2D eigenvalue weighted by molar-refractivity contribution is 5.94. The number of carbonyl (C=O) groups excluding carboxylic acids is 1. The quantitative estimate of drug-likeness (QED) is 0.551. The summed E-state index contributed by atoms with van der Waals surface area (Å²) in [6.45, 7) is 0. The third-order valence-electron chi connectivity index (χ3n) is 3.23. The topological polar surface area (TPSA) is 70.2 Å². The van der Waals surface area contributed by atoms with Crippen molar-refractivity contribution in [3.8, 4) is 0 Å². The lowest BCUT2D eigenvalue weighted by Crippen LogP contribution is -2.38. The first kappa shape index (κ1) is 12.0. The Morgan fingerprint density at radius 1 is 1.40 bits per heavy atom. The molecule has 0 bridgehead atoms. The zero-order valence-corrected chi connectivity index (χ0v) is 9.46. The standard InChI is InChI=1S/C11H21N3O/c1-14(11(12)13)10(15)8-7-9-5-3-2-4-6-9/h9H,2-8H2,1H3,(H3,12,13). The molecule has 0 radical (unpaired) electrons. The second-order valence-corrected chi connectivity index (χ2v) is 4.38. The van der Waals surface area contributed by atoms with Crippen LogP contribution in [-0.2, 0) is 4.79 Å². The fraction of sp³-hybridized carbons (Fsp3) is 0.818. The summed E-state index contributed by atoms with van der Waals surface area (Å²) in [6.07, 6.45) is 7.96. The van der Waals surface area contributed by atoms with Gasteiger partial charge < -0.3 is 5.73 Å². The number of nitrogens with one attached hydrogen (secondary N) is 1. The molecule has 15 heavy (non-hydrogen) atoms. The second kappa shape index (κ2) is 5.73. The third kappa shape index (κ3) is 3.90. The van der Waals surface area contributed by atoms with Gasteiger partial charge >= 0.3 is 0 Å². The summed E-state index contributed by atoms with van der Waals surface area (Å²) in [7, 11) is 1.56. The van der Waals surface area contributed by atoms with Gasteiger partial charge in [-0.3, -0.25) is 15.1 Å². The van der Waals surface area contributed by atoms with E-state index >= 15 is 0 Å². The highest BCUT2D eigenvalue weighted by Crippen LogP contribution is 2.27. The molecule has 0 aromatic rings. The predicted octanol–water partition coefficient (Wildman–Crippen LogP) is 1.70. The van der Waals surface area contributed by atoms with E-state index in [1.807, 2.05) is 0 Å². The normalized spacial score (nSPS) is 17.4. The van der Waals surface area contributed by atoms with Crippen molar-refractivity contribution >= 4 is 11.9 Å². The maximum atomic E-state index is 11.5. The molecule has 1 saturated carbocycles. The van der Waals surface area contributed by atoms with E-state index in [-0.39, 0.29) is 11.9 Å². The Morgan fingerprint density at radius 3 is 2.53 bits per heavy atom. The van der Waals surface area contributed by atoms with Crippen molar-refractivity contribution in [3.05, 3.63) is 0 Å². The molecule has 1 amide bonds. The smallest absolute Gasteiger partial charge is 0.229 e. The lowest BCUT2D eigenvalue weighted by molar-refractivity contribution is -0.126. The van der Waals surface area contributed by atoms with Crippen LogP contribution in [0.4, 0.5) is 0 Å². The minimum Gasteiger partial charge on any atom is -0.370 e. The summed E-state index contributed by atoms with van der Waals surface area (Å²) < 4.78 is 0. The minimum absolute atomic E-state index is 0.0342. The van der Waals surface area contributed by atoms with Gasteiger partial charge in [0.05, 0.1) is 0 Å². The van der Waals surface area contributed by atoms with Crippen molar-refractivity contribution in [2.24, 2.45) is 11.7 Å². The van der Waals surface area contributed by atoms with E-state index in [0.29, 0.717) is 12.3 Å². The van der Waals surface area contributed by atoms with Crippen molar-refractivity contribution in [1.29, 1.82) is 5.41 Å². The number of hydrogen-bond acceptors (Lipinski definition) is 2. The van der Waals surface area contributed by atoms with Crippen LogP contribution in [0.15, 0.2) is 0 Å². The Hall–Kier alpha value is -1.06. The van der Waals surface area contributed by atoms with Crippen molar-refractivity contribution in [3.63, 3.8) is 0 Å². The van der Waals surface area contributed by atoms with E-state index in [0.717, 1.165) is 6.42 Å². The van der Waals surface area contributed by atoms with E-state index < -0.39 is 0 Å². The largest absolute Gasteiger partial charge is 0.370 e. The Kier molecular flexibility index (Phi) is 4.59. The molecule has 1 rings (SSSR count). The van der Waals surface area contributed by atoms with Crippen LogP contribution in [-0.4, -0.2) is 23.8 Å². The average molecular weight is 211 g/mol. The average Bonchev–Trinajstić information content (AvgIpc) is 2.26. The fourth-order valence-electron chi connectivity index (χ4n) is 2.11. The number of guanidine groups is 1. The van der Waals surface area contributed by atoms with Crippen LogP contribution in [0.2, 0.25) is 0 Å². The van der Waals surface area contributed by atoms with Crippen LogP contribution in [0.1, 0.15) is 44.9 Å². The van der Waals surface area contributed by atoms with Crippen LogP contribution >= 0.6 is 0 Å². The Morgan fingerprint density at radius 2 is 2.00 bits per heavy atom. The molecule has 1 fully saturated rings. The molecule has 0 aromatic heterocycles. The molecule has 3 N–H and O–H groups in total. The SMILES string of the molecule is CN(C(=N)N)C(=O)CCC1CCCCC1. The Labute approximate surface area is 91.3 Å². The molecular formula is C11H21N3O. The molecule has 0 heterocycles. The first-order chi connectivity index (χ1) is 7.11. The molecule has 0 atom stereocenters. The highest BCUT2D eigenvalue weighted by Gasteiger charge is 2.17. The zero-order chi connectivity index (χ0) is 11.3. The number of nitrogens with two attached hydrogens (primary N) is 1. The molecule has 1 aliphatic rings. The fourth-order valence-corrected chi connectivity index (χ4v) is 2.11. The third-order valence-corrected chi connectivity index (χ3v) is 3.23. The van der Waals surface area contributed by atoms with E-state index in [1.165, 1.54) is 37.0 Å². The van der Waals surface area contributed by atoms with Gasteiger partial charge in [0.15, 0.2) is 5.96 Å². The summed E-state index contributed by atoms with van der Waals surface area (Å²) in [4.78, 5) is 12.8. The van der Waals surface area contributed by atoms with Crippen molar-refractivity contribution in [1.82, 2.24) is 4.90 Å². The van der Waals surface area contributed by atoms with Gasteiger partial charge in [0.1, 0.15) is 0 Å². The van der Waals surface area contributed by atoms with Crippen LogP contribution in [0.3, 0.4) is 0 Å². The summed E-state index contributed by atoms with van der Waals surface area (Å²) in [6, 6.07) is 0. The van der Waals surface area contributed by atoms with E-state index in [9.17, 15) is 4.79 Å². The monoisotopic (exact) mass is 211 g/mol. The van der Waals surface area contributed by atoms with Gasteiger partial charge in [-0.2, -0.15) is 0 Å². The van der Waals surface area contributed by atoms with E-state index in [1.54, 1.807) is 7.05 Å². The maximum absolute atomic E-state index is 11.5. The highest BCUT2D eigenvalue weighted by atomic mass is 16.2. The molecule has 0 aromatic carbocycles. The van der Waals surface area contributed by atoms with Crippen LogP contribution in [0.5, 0.6) is 0 Å². The van der Waals surface area contributed by atoms with E-state index in [4.69, 9.17) is 11.1 Å². The molecule has 0 saturated heterocycles. The Balaban J connectivity index is 2.23. The van der Waals surface area contributed by atoms with Crippen molar-refractivity contribution in [2.75, 3.05) is 7.05 Å². The molecular weight excluding hydrogens is 190 g/mol. The summed E-state index contributed by atoms with van der Waals surface area (Å²) in [5.74, 6) is 0.514. The van der Waals surface area contributed by atoms with E-state index in [2.05, 4.69) is 0 Å². The number of hydrogen-bond donors (Lipinski definition) is 2. The minimum atomic E-state index is -0.163. The summed E-state index contributed by atoms with van der Waals surface area (Å²) in [5, 5.41) is 7.14. The van der Waals surface area contributed by atoms with Crippen LogP contribution in [0.25, 0.3) is 0 Å². The Bertz CT molecular complexity index is 234. The first-order valence-electron chi connectivity index (χ1n) is 5.72. The molecule has 0 aliphatic heterocycles. The van der Waals surface area contributed by atoms with Crippen LogP contribution < -0.4 is 5.73 Å². The maximum Gasteiger partial charge on any atom is 0.229 e. The van der Waals surface area contributed by atoms with Gasteiger partial charge in [0.2, 0.25) is 5.91 Å². The van der Waals surface area contributed by atoms with Gasteiger partial charge in [0.25, 0.3) is 0 Å². The molecule has 4 nitrogen and oxygen atoms in total. The first-order valence-corrected chi connectivity index (χ1v) is 5.72. The second-order valence-electron chi connectivity index (χ2n) is 4.38. The molecule has 0 unspecified atom stereocenters. The van der Waals surface area contributed by atoms with Gasteiger partial charge in [0, 0.05) is 13.5 Å². The number of carbonyl (C=O) groups is 1. The number of rotatable bonds is 3. The summed E-state index contributed by atoms with van der Waals surface area (Å²) in [5.41, 5.74) is 5.23. The molecule has 1 aliphatic carbocycles. The lowest BCUT2D eigenvalue weighted by atomic mass is 9.86. The van der Waals surface area contributed by atoms with Gasteiger partial charge in [-0.05, 0) is 12.3 Å². The lowest BCUT2D eigenvalue weighted by Gasteiger charge is -2.22. The summed E-state index contributed by atoms with van der Waals surface area (Å²) >= 11 is 0. The predicted molar refractivity (Wildman–Crippen MR) is 60.5 cm³/mol. The molecule has 86 valence electrons. The van der Waals surface area contributed by atoms with Gasteiger partial charge in [-0.25, -0.2) is 0 Å². The van der Waals surface area contributed by atoms with Crippen molar-refractivity contribution in [2.45, 2.75) is 44.9 Å². The van der Waals surface area contributed by atoms with Gasteiger partial charge in [-0.1, -0.05) is 32.1 Å². The number of nitrogens with zero attached hydrogens (tertiary/aromatic N) is 1. The van der Waals surface area contributed by atoms with Crippen molar-refractivity contribution < 1.29 is 4.79 Å². The van der Waals surface area contributed by atoms with Gasteiger partial charge in [-0.15, -0.1) is 0 Å².